The van der Waals surface area contributed by atoms with Crippen LogP contribution in [0.15, 0.2) is 78.9 Å². The molecule has 0 radical (unpaired) electrons. The molecule has 0 fully saturated rings. The molecular formula is C29H28F3N3O4. The van der Waals surface area contributed by atoms with Gasteiger partial charge in [-0.1, -0.05) is 72.8 Å². The van der Waals surface area contributed by atoms with Crippen LogP contribution in [0.25, 0.3) is 11.1 Å². The van der Waals surface area contributed by atoms with E-state index in [0.717, 1.165) is 16.7 Å². The first-order valence-electron chi connectivity index (χ1n) is 12.5. The molecule has 39 heavy (non-hydrogen) atoms. The number of halogens is 3. The van der Waals surface area contributed by atoms with Crippen molar-refractivity contribution < 1.29 is 32.3 Å². The van der Waals surface area contributed by atoms with Crippen molar-refractivity contribution in [1.29, 1.82) is 0 Å². The lowest BCUT2D eigenvalue weighted by Crippen LogP contribution is -2.44. The fraction of sp³-hybridized carbons (Fsp3) is 0.276. The number of hydrogen-bond donors (Lipinski definition) is 2. The van der Waals surface area contributed by atoms with Gasteiger partial charge in [0.15, 0.2) is 0 Å². The summed E-state index contributed by atoms with van der Waals surface area (Å²) < 4.78 is 42.9. The second-order valence-electron chi connectivity index (χ2n) is 9.02. The first-order chi connectivity index (χ1) is 18.7. The van der Waals surface area contributed by atoms with Crippen LogP contribution in [0.3, 0.4) is 0 Å². The second-order valence-corrected chi connectivity index (χ2v) is 9.02. The number of hydrogen-bond acceptors (Lipinski definition) is 4. The monoisotopic (exact) mass is 539 g/mol. The summed E-state index contributed by atoms with van der Waals surface area (Å²) in [5.41, 5.74) is 3.74. The van der Waals surface area contributed by atoms with Crippen LogP contribution in [0, 0.1) is 0 Å². The number of ether oxygens (including phenoxy) is 1. The van der Waals surface area contributed by atoms with E-state index in [4.69, 9.17) is 4.74 Å². The van der Waals surface area contributed by atoms with Crippen molar-refractivity contribution in [2.75, 3.05) is 24.6 Å². The third kappa shape index (κ3) is 7.44. The Labute approximate surface area is 224 Å². The van der Waals surface area contributed by atoms with Crippen LogP contribution >= 0.6 is 0 Å². The fourth-order valence-corrected chi connectivity index (χ4v) is 4.39. The van der Waals surface area contributed by atoms with Crippen LogP contribution in [0.2, 0.25) is 0 Å². The minimum absolute atomic E-state index is 0.209. The highest BCUT2D eigenvalue weighted by molar-refractivity contribution is 6.07. The highest BCUT2D eigenvalue weighted by Gasteiger charge is 2.35. The Morgan fingerprint density at radius 1 is 0.872 bits per heavy atom. The van der Waals surface area contributed by atoms with Gasteiger partial charge < -0.3 is 20.3 Å². The number of carbonyl (C=O) groups is 3. The summed E-state index contributed by atoms with van der Waals surface area (Å²) in [5, 5.41) is 4.72. The van der Waals surface area contributed by atoms with Gasteiger partial charge in [0.1, 0.15) is 12.5 Å². The molecule has 1 aliphatic rings. The molecule has 7 nitrogen and oxygen atoms in total. The number of fused-ring (bicyclic) bond motifs is 3. The molecule has 10 heteroatoms. The van der Waals surface area contributed by atoms with Crippen molar-refractivity contribution in [3.05, 3.63) is 90.0 Å². The summed E-state index contributed by atoms with van der Waals surface area (Å²) in [6, 6.07) is 23.0. The second kappa shape index (κ2) is 12.6. The van der Waals surface area contributed by atoms with Gasteiger partial charge in [-0.15, -0.1) is 0 Å². The van der Waals surface area contributed by atoms with Crippen molar-refractivity contribution in [2.24, 2.45) is 0 Å². The Morgan fingerprint density at radius 2 is 1.54 bits per heavy atom. The zero-order valence-corrected chi connectivity index (χ0v) is 21.0. The lowest BCUT2D eigenvalue weighted by molar-refractivity contribution is -0.137. The van der Waals surface area contributed by atoms with Gasteiger partial charge in [-0.05, 0) is 22.8 Å². The summed E-state index contributed by atoms with van der Waals surface area (Å²) in [6.45, 7) is 0.176. The molecule has 0 spiro atoms. The smallest absolute Gasteiger partial charge is 0.375 e. The summed E-state index contributed by atoms with van der Waals surface area (Å²) in [5.74, 6) is -2.05. The van der Waals surface area contributed by atoms with Gasteiger partial charge in [-0.3, -0.25) is 14.4 Å². The van der Waals surface area contributed by atoms with E-state index in [2.05, 4.69) is 10.6 Å². The normalized spacial score (nSPS) is 14.7. The molecule has 0 saturated heterocycles. The standard InChI is InChI=1S/C29H28F3N3O4/c30-29(31,32)14-15-33-25(36)18-26(37)34-27-23-12-5-4-10-21(23)22-11-6-7-13-24(22)35(28(27)38)16-17-39-19-20-8-2-1-3-9-20/h1-13,27H,14-19H2,(H,33,36)(H,34,37)/t27-/m0/s1. The quantitative estimate of drug-likeness (QED) is 0.293. The molecule has 0 aliphatic carbocycles. The molecule has 1 aliphatic heterocycles. The van der Waals surface area contributed by atoms with Crippen molar-refractivity contribution >= 4 is 23.4 Å². The minimum Gasteiger partial charge on any atom is -0.375 e. The average Bonchev–Trinajstić information content (AvgIpc) is 3.00. The van der Waals surface area contributed by atoms with Crippen molar-refractivity contribution in [1.82, 2.24) is 10.6 Å². The van der Waals surface area contributed by atoms with Crippen LogP contribution < -0.4 is 15.5 Å². The van der Waals surface area contributed by atoms with Crippen LogP contribution in [0.5, 0.6) is 0 Å². The molecule has 0 unspecified atom stereocenters. The third-order valence-corrected chi connectivity index (χ3v) is 6.20. The first-order valence-corrected chi connectivity index (χ1v) is 12.5. The van der Waals surface area contributed by atoms with Crippen LogP contribution in [0.4, 0.5) is 18.9 Å². The molecule has 204 valence electrons. The number of alkyl halides is 3. The molecule has 2 N–H and O–H groups in total. The zero-order chi connectivity index (χ0) is 27.8. The number of rotatable bonds is 10. The zero-order valence-electron chi connectivity index (χ0n) is 21.0. The Morgan fingerprint density at radius 3 is 2.28 bits per heavy atom. The van der Waals surface area contributed by atoms with Gasteiger partial charge in [0.05, 0.1) is 25.3 Å². The van der Waals surface area contributed by atoms with E-state index in [-0.39, 0.29) is 13.2 Å². The van der Waals surface area contributed by atoms with Crippen LogP contribution in [-0.4, -0.2) is 43.6 Å². The molecule has 0 saturated carbocycles. The Kier molecular flexibility index (Phi) is 8.98. The molecule has 3 aromatic carbocycles. The van der Waals surface area contributed by atoms with Crippen molar-refractivity contribution in [3.8, 4) is 11.1 Å². The summed E-state index contributed by atoms with van der Waals surface area (Å²) in [6.07, 6.45) is -6.33. The van der Waals surface area contributed by atoms with E-state index in [1.54, 1.807) is 17.0 Å². The largest absolute Gasteiger partial charge is 0.390 e. The van der Waals surface area contributed by atoms with Crippen LogP contribution in [0.1, 0.15) is 30.0 Å². The SMILES string of the molecule is O=C(CC(=O)N[C@@H]1C(=O)N(CCOCc2ccccc2)c2ccccc2-c2ccccc21)NCCC(F)(F)F. The third-order valence-electron chi connectivity index (χ3n) is 6.20. The molecule has 1 heterocycles. The molecule has 3 amide bonds. The lowest BCUT2D eigenvalue weighted by Gasteiger charge is -2.26. The maximum absolute atomic E-state index is 13.9. The number of nitrogens with one attached hydrogen (secondary N) is 2. The fourth-order valence-electron chi connectivity index (χ4n) is 4.39. The maximum Gasteiger partial charge on any atom is 0.390 e. The molecule has 1 atom stereocenters. The molecular weight excluding hydrogens is 511 g/mol. The van der Waals surface area contributed by atoms with E-state index in [1.807, 2.05) is 66.7 Å². The van der Waals surface area contributed by atoms with Crippen molar-refractivity contribution in [3.63, 3.8) is 0 Å². The lowest BCUT2D eigenvalue weighted by atomic mass is 9.95. The Balaban J connectivity index is 1.51. The predicted octanol–water partition coefficient (Wildman–Crippen LogP) is 4.53. The van der Waals surface area contributed by atoms with Gasteiger partial charge in [-0.2, -0.15) is 13.2 Å². The number of para-hydroxylation sites is 1. The molecule has 4 rings (SSSR count). The average molecular weight is 540 g/mol. The number of nitrogens with zero attached hydrogens (tertiary/aromatic N) is 1. The highest BCUT2D eigenvalue weighted by atomic mass is 19.4. The van der Waals surface area contributed by atoms with Gasteiger partial charge >= 0.3 is 6.18 Å². The highest BCUT2D eigenvalue weighted by Crippen LogP contribution is 2.40. The van der Waals surface area contributed by atoms with Crippen molar-refractivity contribution in [2.45, 2.75) is 31.7 Å². The predicted molar refractivity (Wildman–Crippen MR) is 140 cm³/mol. The number of benzene rings is 3. The van der Waals surface area contributed by atoms with Gasteiger partial charge in [0.25, 0.3) is 5.91 Å². The van der Waals surface area contributed by atoms with E-state index >= 15 is 0 Å². The topological polar surface area (TPSA) is 87.7 Å². The number of anilines is 1. The Bertz CT molecular complexity index is 1310. The Hall–Kier alpha value is -4.18. The number of carbonyl (C=O) groups excluding carboxylic acids is 3. The number of amides is 3. The van der Waals surface area contributed by atoms with E-state index < -0.39 is 49.3 Å². The molecule has 0 aromatic heterocycles. The molecule has 0 bridgehead atoms. The summed E-state index contributed by atoms with van der Waals surface area (Å²) in [7, 11) is 0. The first kappa shape index (κ1) is 27.8. The molecule has 3 aromatic rings. The summed E-state index contributed by atoms with van der Waals surface area (Å²) >= 11 is 0. The minimum atomic E-state index is -4.42. The summed E-state index contributed by atoms with van der Waals surface area (Å²) in [4.78, 5) is 40.2. The van der Waals surface area contributed by atoms with E-state index in [0.29, 0.717) is 17.9 Å². The van der Waals surface area contributed by atoms with Crippen LogP contribution in [-0.2, 0) is 25.7 Å². The van der Waals surface area contributed by atoms with Gasteiger partial charge in [0.2, 0.25) is 11.8 Å². The van der Waals surface area contributed by atoms with E-state index in [1.165, 1.54) is 0 Å². The maximum atomic E-state index is 13.9. The van der Waals surface area contributed by atoms with Gasteiger partial charge in [-0.25, -0.2) is 0 Å². The van der Waals surface area contributed by atoms with E-state index in [9.17, 15) is 27.6 Å². The van der Waals surface area contributed by atoms with Gasteiger partial charge in [0, 0.05) is 18.7 Å².